The van der Waals surface area contributed by atoms with Crippen LogP contribution in [0, 0.1) is 5.92 Å². The van der Waals surface area contributed by atoms with Gasteiger partial charge < -0.3 is 15.2 Å². The van der Waals surface area contributed by atoms with Crippen molar-refractivity contribution in [2.75, 3.05) is 13.7 Å². The summed E-state index contributed by atoms with van der Waals surface area (Å²) in [4.78, 5) is 15.7. The van der Waals surface area contributed by atoms with Crippen molar-refractivity contribution in [3.8, 4) is 0 Å². The first-order valence-corrected chi connectivity index (χ1v) is 6.11. The van der Waals surface area contributed by atoms with Gasteiger partial charge in [-0.2, -0.15) is 0 Å². The lowest BCUT2D eigenvalue weighted by Crippen LogP contribution is -2.36. The Labute approximate surface area is 106 Å². The molecule has 1 heterocycles. The average molecular weight is 250 g/mol. The third-order valence-corrected chi connectivity index (χ3v) is 3.23. The Kier molecular flexibility index (Phi) is 4.28. The molecule has 1 aliphatic rings. The molecule has 0 spiro atoms. The second kappa shape index (κ2) is 5.93. The molecule has 1 fully saturated rings. The van der Waals surface area contributed by atoms with E-state index in [0.29, 0.717) is 23.7 Å². The van der Waals surface area contributed by atoms with Crippen LogP contribution in [-0.4, -0.2) is 35.8 Å². The fraction of sp³-hybridized carbons (Fsp3) is 0.538. The molecule has 2 N–H and O–H groups in total. The number of methoxy groups -OCH3 is 1. The van der Waals surface area contributed by atoms with Crippen LogP contribution in [0.3, 0.4) is 0 Å². The Balaban J connectivity index is 1.86. The molecule has 0 radical (unpaired) electrons. The Morgan fingerprint density at radius 1 is 1.61 bits per heavy atom. The van der Waals surface area contributed by atoms with E-state index in [2.05, 4.69) is 10.3 Å². The highest BCUT2D eigenvalue weighted by Crippen LogP contribution is 2.26. The average Bonchev–Trinajstić information content (AvgIpc) is 2.36. The second-order valence-electron chi connectivity index (χ2n) is 4.61. The number of ether oxygens (including phenoxy) is 1. The van der Waals surface area contributed by atoms with Gasteiger partial charge in [-0.15, -0.1) is 0 Å². The minimum atomic E-state index is -0.362. The number of nitrogens with one attached hydrogen (secondary N) is 1. The van der Waals surface area contributed by atoms with Gasteiger partial charge in [-0.05, 0) is 37.4 Å². The Bertz CT molecular complexity index is 416. The molecule has 0 aromatic carbocycles. The van der Waals surface area contributed by atoms with Gasteiger partial charge in [-0.3, -0.25) is 4.98 Å². The van der Waals surface area contributed by atoms with Crippen LogP contribution in [0.1, 0.15) is 28.9 Å². The first-order chi connectivity index (χ1) is 8.70. The normalized spacial score (nSPS) is 22.3. The van der Waals surface area contributed by atoms with E-state index in [9.17, 15) is 9.90 Å². The van der Waals surface area contributed by atoms with Gasteiger partial charge in [0.05, 0.1) is 24.5 Å². The standard InChI is InChI=1S/C13H18N2O3/c1-18-13(17)11-3-2-4-15-12(11)8-14-7-9-5-10(16)6-9/h2-4,9-10,14,16H,5-8H2,1H3. The van der Waals surface area contributed by atoms with Crippen LogP contribution in [0.2, 0.25) is 0 Å². The summed E-state index contributed by atoms with van der Waals surface area (Å²) in [6.45, 7) is 1.38. The maximum Gasteiger partial charge on any atom is 0.339 e. The molecule has 0 bridgehead atoms. The van der Waals surface area contributed by atoms with Crippen molar-refractivity contribution < 1.29 is 14.6 Å². The number of rotatable bonds is 5. The van der Waals surface area contributed by atoms with Crippen molar-refractivity contribution >= 4 is 5.97 Å². The number of hydrogen-bond donors (Lipinski definition) is 2. The SMILES string of the molecule is COC(=O)c1cccnc1CNCC1CC(O)C1. The number of aliphatic hydroxyl groups is 1. The van der Waals surface area contributed by atoms with Gasteiger partial charge in [-0.1, -0.05) is 0 Å². The van der Waals surface area contributed by atoms with Crippen LogP contribution >= 0.6 is 0 Å². The summed E-state index contributed by atoms with van der Waals surface area (Å²) < 4.78 is 4.71. The molecular formula is C13H18N2O3. The molecule has 5 nitrogen and oxygen atoms in total. The zero-order valence-corrected chi connectivity index (χ0v) is 10.4. The van der Waals surface area contributed by atoms with Crippen molar-refractivity contribution in [3.05, 3.63) is 29.6 Å². The van der Waals surface area contributed by atoms with E-state index in [4.69, 9.17) is 4.74 Å². The summed E-state index contributed by atoms with van der Waals surface area (Å²) in [5, 5.41) is 12.4. The third-order valence-electron chi connectivity index (χ3n) is 3.23. The number of carbonyl (C=O) groups excluding carboxylic acids is 1. The van der Waals surface area contributed by atoms with Crippen LogP contribution in [0.5, 0.6) is 0 Å². The molecule has 0 unspecified atom stereocenters. The van der Waals surface area contributed by atoms with Gasteiger partial charge in [0.15, 0.2) is 0 Å². The minimum Gasteiger partial charge on any atom is -0.465 e. The van der Waals surface area contributed by atoms with Gasteiger partial charge in [0.25, 0.3) is 0 Å². The van der Waals surface area contributed by atoms with Crippen LogP contribution in [-0.2, 0) is 11.3 Å². The van der Waals surface area contributed by atoms with E-state index in [1.165, 1.54) is 7.11 Å². The zero-order chi connectivity index (χ0) is 13.0. The van der Waals surface area contributed by atoms with Crippen LogP contribution in [0.25, 0.3) is 0 Å². The number of aromatic nitrogens is 1. The van der Waals surface area contributed by atoms with Crippen molar-refractivity contribution in [2.24, 2.45) is 5.92 Å². The topological polar surface area (TPSA) is 71.5 Å². The van der Waals surface area contributed by atoms with Gasteiger partial charge in [-0.25, -0.2) is 4.79 Å². The van der Waals surface area contributed by atoms with E-state index in [1.54, 1.807) is 18.3 Å². The largest absolute Gasteiger partial charge is 0.465 e. The minimum absolute atomic E-state index is 0.128. The summed E-state index contributed by atoms with van der Waals surface area (Å²) in [5.41, 5.74) is 1.20. The first-order valence-electron chi connectivity index (χ1n) is 6.11. The van der Waals surface area contributed by atoms with Gasteiger partial charge >= 0.3 is 5.97 Å². The van der Waals surface area contributed by atoms with E-state index in [0.717, 1.165) is 19.4 Å². The Hall–Kier alpha value is -1.46. The Morgan fingerprint density at radius 3 is 3.06 bits per heavy atom. The molecule has 2 rings (SSSR count). The molecule has 1 aliphatic carbocycles. The first kappa shape index (κ1) is 13.0. The lowest BCUT2D eigenvalue weighted by molar-refractivity contribution is 0.0429. The molecule has 0 aliphatic heterocycles. The summed E-state index contributed by atoms with van der Waals surface area (Å²) in [6.07, 6.45) is 3.26. The van der Waals surface area contributed by atoms with E-state index >= 15 is 0 Å². The highest BCUT2D eigenvalue weighted by Gasteiger charge is 2.26. The Morgan fingerprint density at radius 2 is 2.39 bits per heavy atom. The number of nitrogens with zero attached hydrogens (tertiary/aromatic N) is 1. The number of hydrogen-bond acceptors (Lipinski definition) is 5. The summed E-state index contributed by atoms with van der Waals surface area (Å²) in [6, 6.07) is 3.43. The summed E-state index contributed by atoms with van der Waals surface area (Å²) in [5.74, 6) is 0.171. The zero-order valence-electron chi connectivity index (χ0n) is 10.4. The monoisotopic (exact) mass is 250 g/mol. The van der Waals surface area contributed by atoms with E-state index in [-0.39, 0.29) is 12.1 Å². The lowest BCUT2D eigenvalue weighted by Gasteiger charge is -2.31. The predicted octanol–water partition coefficient (Wildman–Crippen LogP) is 0.729. The van der Waals surface area contributed by atoms with Crippen molar-refractivity contribution in [2.45, 2.75) is 25.5 Å². The molecule has 0 saturated heterocycles. The molecule has 18 heavy (non-hydrogen) atoms. The molecule has 1 aromatic heterocycles. The van der Waals surface area contributed by atoms with E-state index in [1.807, 2.05) is 0 Å². The number of aliphatic hydroxyl groups excluding tert-OH is 1. The molecule has 0 amide bonds. The molecule has 0 atom stereocenters. The van der Waals surface area contributed by atoms with Crippen molar-refractivity contribution in [1.29, 1.82) is 0 Å². The lowest BCUT2D eigenvalue weighted by atomic mass is 9.82. The maximum atomic E-state index is 11.5. The molecule has 98 valence electrons. The highest BCUT2D eigenvalue weighted by molar-refractivity contribution is 5.90. The van der Waals surface area contributed by atoms with E-state index < -0.39 is 0 Å². The van der Waals surface area contributed by atoms with Crippen molar-refractivity contribution in [1.82, 2.24) is 10.3 Å². The maximum absolute atomic E-state index is 11.5. The van der Waals surface area contributed by atoms with Crippen LogP contribution in [0.15, 0.2) is 18.3 Å². The fourth-order valence-corrected chi connectivity index (χ4v) is 2.14. The van der Waals surface area contributed by atoms with Gasteiger partial charge in [0.2, 0.25) is 0 Å². The fourth-order valence-electron chi connectivity index (χ4n) is 2.14. The van der Waals surface area contributed by atoms with Crippen molar-refractivity contribution in [3.63, 3.8) is 0 Å². The highest BCUT2D eigenvalue weighted by atomic mass is 16.5. The molecule has 1 aromatic rings. The second-order valence-corrected chi connectivity index (χ2v) is 4.61. The number of pyridine rings is 1. The molecule has 5 heteroatoms. The number of esters is 1. The van der Waals surface area contributed by atoms with Gasteiger partial charge in [0.1, 0.15) is 0 Å². The van der Waals surface area contributed by atoms with Crippen LogP contribution < -0.4 is 5.32 Å². The predicted molar refractivity (Wildman–Crippen MR) is 66.0 cm³/mol. The molecular weight excluding hydrogens is 232 g/mol. The smallest absolute Gasteiger partial charge is 0.339 e. The number of carbonyl (C=O) groups is 1. The summed E-state index contributed by atoms with van der Waals surface area (Å²) >= 11 is 0. The molecule has 1 saturated carbocycles. The summed E-state index contributed by atoms with van der Waals surface area (Å²) in [7, 11) is 1.36. The quantitative estimate of drug-likeness (QED) is 0.754. The van der Waals surface area contributed by atoms with Crippen LogP contribution in [0.4, 0.5) is 0 Å². The third kappa shape index (κ3) is 3.05. The van der Waals surface area contributed by atoms with Gasteiger partial charge in [0, 0.05) is 12.7 Å².